The molecule has 14 heteroatoms. The predicted molar refractivity (Wildman–Crippen MR) is 153 cm³/mol. The van der Waals surface area contributed by atoms with Crippen LogP contribution >= 0.6 is 11.3 Å². The maximum atomic E-state index is 15.8. The molecule has 2 unspecified atom stereocenters. The molecule has 0 aliphatic carbocycles. The molecule has 1 aromatic rings. The number of alkyl halides is 2. The van der Waals surface area contributed by atoms with Gasteiger partial charge in [-0.05, 0) is 48.0 Å². The van der Waals surface area contributed by atoms with E-state index in [0.29, 0.717) is 16.5 Å². The van der Waals surface area contributed by atoms with Gasteiger partial charge >= 0.3 is 11.9 Å². The standard InChI is InChI=1S/C28H40F2N6O5S/c1-8-40-24(38)18-13-32-22(23-31-10-12-42-23)33-19(18)14-34-16-28(29,30)21-20(34)15-36(17(2)37)35(21)11-9-27(6,7)25(39)41-26(3,4)5/h10,12,20-21H,8-9,11,13-16H2,1-7H3,(H,32,33). The van der Waals surface area contributed by atoms with Crippen molar-refractivity contribution in [3.05, 3.63) is 27.9 Å². The summed E-state index contributed by atoms with van der Waals surface area (Å²) in [5.41, 5.74) is -0.963. The summed E-state index contributed by atoms with van der Waals surface area (Å²) in [6.07, 6.45) is 1.84. The maximum absolute atomic E-state index is 15.8. The summed E-state index contributed by atoms with van der Waals surface area (Å²) in [6, 6.07) is -2.01. The second-order valence-corrected chi connectivity index (χ2v) is 13.3. The van der Waals surface area contributed by atoms with E-state index in [1.54, 1.807) is 58.0 Å². The zero-order chi connectivity index (χ0) is 31.0. The molecule has 232 valence electrons. The Bertz CT molecular complexity index is 1260. The Labute approximate surface area is 248 Å². The number of amidine groups is 1. The summed E-state index contributed by atoms with van der Waals surface area (Å²) in [7, 11) is 0. The first-order chi connectivity index (χ1) is 19.5. The first-order valence-electron chi connectivity index (χ1n) is 14.0. The maximum Gasteiger partial charge on any atom is 0.337 e. The molecule has 3 aliphatic rings. The summed E-state index contributed by atoms with van der Waals surface area (Å²) in [5, 5.41) is 8.31. The average Bonchev–Trinajstić information content (AvgIpc) is 3.59. The van der Waals surface area contributed by atoms with Gasteiger partial charge in [0.1, 0.15) is 11.6 Å². The van der Waals surface area contributed by atoms with E-state index in [9.17, 15) is 14.4 Å². The largest absolute Gasteiger partial charge is 0.463 e. The molecule has 11 nitrogen and oxygen atoms in total. The van der Waals surface area contributed by atoms with E-state index in [0.717, 1.165) is 0 Å². The molecule has 4 heterocycles. The van der Waals surface area contributed by atoms with Gasteiger partial charge in [-0.1, -0.05) is 0 Å². The molecule has 2 fully saturated rings. The minimum Gasteiger partial charge on any atom is -0.463 e. The van der Waals surface area contributed by atoms with E-state index < -0.39 is 47.5 Å². The van der Waals surface area contributed by atoms with Gasteiger partial charge in [-0.2, -0.15) is 0 Å². The number of aliphatic imine (C=N–C) groups is 1. The van der Waals surface area contributed by atoms with Gasteiger partial charge in [-0.3, -0.25) is 24.5 Å². The lowest BCUT2D eigenvalue weighted by Gasteiger charge is -2.36. The fraction of sp³-hybridized carbons (Fsp3) is 0.679. The molecule has 0 spiro atoms. The van der Waals surface area contributed by atoms with Crippen molar-refractivity contribution in [2.24, 2.45) is 10.4 Å². The normalized spacial score (nSPS) is 23.0. The molecule has 0 radical (unpaired) electrons. The van der Waals surface area contributed by atoms with Crippen LogP contribution in [0.5, 0.6) is 0 Å². The minimum absolute atomic E-state index is 0.00170. The van der Waals surface area contributed by atoms with Crippen LogP contribution in [0.1, 0.15) is 59.9 Å². The highest BCUT2D eigenvalue weighted by Gasteiger charge is 2.62. The van der Waals surface area contributed by atoms with Crippen LogP contribution < -0.4 is 5.32 Å². The van der Waals surface area contributed by atoms with Crippen LogP contribution in [0.15, 0.2) is 27.8 Å². The number of nitrogens with one attached hydrogen (secondary N) is 1. The average molecular weight is 611 g/mol. The van der Waals surface area contributed by atoms with E-state index in [1.165, 1.54) is 28.3 Å². The van der Waals surface area contributed by atoms with Gasteiger partial charge in [0.15, 0.2) is 10.8 Å². The lowest BCUT2D eigenvalue weighted by atomic mass is 9.89. The molecule has 1 aromatic heterocycles. The number of fused-ring (bicyclic) bond motifs is 1. The van der Waals surface area contributed by atoms with Crippen molar-refractivity contribution < 1.29 is 32.6 Å². The highest BCUT2D eigenvalue weighted by atomic mass is 32.1. The molecule has 0 aromatic carbocycles. The van der Waals surface area contributed by atoms with Crippen molar-refractivity contribution in [3.8, 4) is 0 Å². The number of esters is 2. The number of hydrogen-bond donors (Lipinski definition) is 1. The third-order valence-electron chi connectivity index (χ3n) is 7.50. The molecule has 1 amide bonds. The summed E-state index contributed by atoms with van der Waals surface area (Å²) in [4.78, 5) is 48.6. The van der Waals surface area contributed by atoms with Gasteiger partial charge < -0.3 is 14.8 Å². The molecule has 2 saturated heterocycles. The summed E-state index contributed by atoms with van der Waals surface area (Å²) >= 11 is 1.36. The number of nitrogens with zero attached hydrogens (tertiary/aromatic N) is 5. The van der Waals surface area contributed by atoms with Gasteiger partial charge in [-0.15, -0.1) is 11.3 Å². The lowest BCUT2D eigenvalue weighted by molar-refractivity contribution is -0.168. The molecule has 0 bridgehead atoms. The Balaban J connectivity index is 1.57. The second kappa shape index (κ2) is 12.0. The highest BCUT2D eigenvalue weighted by molar-refractivity contribution is 7.11. The zero-order valence-corrected chi connectivity index (χ0v) is 26.0. The first-order valence-corrected chi connectivity index (χ1v) is 14.9. The van der Waals surface area contributed by atoms with Crippen molar-refractivity contribution in [2.75, 3.05) is 39.3 Å². The molecule has 2 atom stereocenters. The smallest absolute Gasteiger partial charge is 0.337 e. The highest BCUT2D eigenvalue weighted by Crippen LogP contribution is 2.42. The Morgan fingerprint density at radius 2 is 1.93 bits per heavy atom. The van der Waals surface area contributed by atoms with Crippen molar-refractivity contribution in [2.45, 2.75) is 78.5 Å². The number of likely N-dealkylation sites (tertiary alicyclic amines) is 1. The fourth-order valence-electron chi connectivity index (χ4n) is 5.40. The number of amides is 1. The number of carbonyl (C=O) groups excluding carboxylic acids is 3. The van der Waals surface area contributed by atoms with Crippen LogP contribution in [0, 0.1) is 5.41 Å². The van der Waals surface area contributed by atoms with Crippen LogP contribution in [0.2, 0.25) is 0 Å². The van der Waals surface area contributed by atoms with Gasteiger partial charge in [0.2, 0.25) is 5.91 Å². The van der Waals surface area contributed by atoms with Crippen molar-refractivity contribution in [3.63, 3.8) is 0 Å². The van der Waals surface area contributed by atoms with Gasteiger partial charge in [-0.25, -0.2) is 23.6 Å². The number of rotatable bonds is 9. The van der Waals surface area contributed by atoms with Crippen molar-refractivity contribution in [1.29, 1.82) is 0 Å². The first kappa shape index (κ1) is 32.0. The number of carbonyl (C=O) groups is 3. The van der Waals surface area contributed by atoms with E-state index in [2.05, 4.69) is 15.3 Å². The van der Waals surface area contributed by atoms with Crippen molar-refractivity contribution >= 4 is 35.0 Å². The monoisotopic (exact) mass is 610 g/mol. The Hall–Kier alpha value is -2.97. The number of hydrazine groups is 1. The number of hydrogen-bond acceptors (Lipinski definition) is 11. The van der Waals surface area contributed by atoms with Gasteiger partial charge in [0.25, 0.3) is 5.92 Å². The van der Waals surface area contributed by atoms with E-state index >= 15 is 8.78 Å². The van der Waals surface area contributed by atoms with Gasteiger partial charge in [0.05, 0.1) is 43.3 Å². The van der Waals surface area contributed by atoms with Crippen LogP contribution in [0.25, 0.3) is 0 Å². The van der Waals surface area contributed by atoms with Gasteiger partial charge in [0, 0.05) is 37.3 Å². The lowest BCUT2D eigenvalue weighted by Crippen LogP contribution is -2.52. The predicted octanol–water partition coefficient (Wildman–Crippen LogP) is 2.84. The summed E-state index contributed by atoms with van der Waals surface area (Å²) in [6.45, 7) is 11.5. The number of ether oxygens (including phenoxy) is 2. The Morgan fingerprint density at radius 3 is 2.52 bits per heavy atom. The molecule has 1 N–H and O–H groups in total. The van der Waals surface area contributed by atoms with Crippen LogP contribution in [-0.2, 0) is 23.9 Å². The Kier molecular flexibility index (Phi) is 9.10. The zero-order valence-electron chi connectivity index (χ0n) is 25.2. The summed E-state index contributed by atoms with van der Waals surface area (Å²) in [5.74, 6) is -4.07. The second-order valence-electron chi connectivity index (χ2n) is 12.4. The molecule has 4 rings (SSSR count). The molecular formula is C28H40F2N6O5S. The Morgan fingerprint density at radius 1 is 1.21 bits per heavy atom. The molecule has 42 heavy (non-hydrogen) atoms. The van der Waals surface area contributed by atoms with E-state index in [-0.39, 0.29) is 50.7 Å². The molecular weight excluding hydrogens is 570 g/mol. The summed E-state index contributed by atoms with van der Waals surface area (Å²) < 4.78 is 42.4. The minimum atomic E-state index is -3.17. The number of thiazole rings is 1. The number of halogens is 2. The SMILES string of the molecule is CCOC(=O)C1=C(CN2CC(F)(F)C3C2CN(C(C)=O)N3CCC(C)(C)C(=O)OC(C)(C)C)NC(c2nccs2)=NC1. The van der Waals surface area contributed by atoms with Crippen LogP contribution in [-0.4, -0.2) is 107 Å². The van der Waals surface area contributed by atoms with Crippen molar-refractivity contribution in [1.82, 2.24) is 25.2 Å². The molecule has 3 aliphatic heterocycles. The fourth-order valence-corrected chi connectivity index (χ4v) is 6.00. The third kappa shape index (κ3) is 6.81. The van der Waals surface area contributed by atoms with E-state index in [4.69, 9.17) is 9.47 Å². The third-order valence-corrected chi connectivity index (χ3v) is 8.28. The molecule has 0 saturated carbocycles. The topological polar surface area (TPSA) is 117 Å². The van der Waals surface area contributed by atoms with Crippen LogP contribution in [0.3, 0.4) is 0 Å². The van der Waals surface area contributed by atoms with Crippen LogP contribution in [0.4, 0.5) is 8.78 Å². The van der Waals surface area contributed by atoms with E-state index in [1.807, 2.05) is 0 Å². The quantitative estimate of drug-likeness (QED) is 0.422. The number of aromatic nitrogens is 1.